The van der Waals surface area contributed by atoms with E-state index in [1.807, 2.05) is 27.9 Å². The first-order valence-electron chi connectivity index (χ1n) is 7.90. The molecule has 6 nitrogen and oxygen atoms in total. The average Bonchev–Trinajstić information content (AvgIpc) is 2.47. The molecule has 0 unspecified atom stereocenters. The van der Waals surface area contributed by atoms with Gasteiger partial charge in [0.25, 0.3) is 0 Å². The molecular weight excluding hydrogens is 302 g/mol. The molecule has 0 atom stereocenters. The number of aryl methyl sites for hydroxylation is 2. The second-order valence-corrected chi connectivity index (χ2v) is 6.28. The molecule has 1 aromatic carbocycles. The quantitative estimate of drug-likeness (QED) is 0.917. The molecule has 0 spiro atoms. The number of hydrogen-bond donors (Lipinski definition) is 1. The van der Waals surface area contributed by atoms with E-state index in [-0.39, 0.29) is 6.03 Å². The minimum absolute atomic E-state index is 0.190. The summed E-state index contributed by atoms with van der Waals surface area (Å²) < 4.78 is 0. The van der Waals surface area contributed by atoms with E-state index < -0.39 is 0 Å². The van der Waals surface area contributed by atoms with Gasteiger partial charge < -0.3 is 9.80 Å². The van der Waals surface area contributed by atoms with Crippen molar-refractivity contribution >= 4 is 11.8 Å². The zero-order valence-corrected chi connectivity index (χ0v) is 15.0. The molecule has 128 valence electrons. The maximum atomic E-state index is 12.3. The molecule has 1 heterocycles. The van der Waals surface area contributed by atoms with E-state index in [0.29, 0.717) is 18.2 Å². The highest BCUT2D eigenvalue weighted by molar-refractivity contribution is 5.88. The first-order valence-corrected chi connectivity index (χ1v) is 7.90. The minimum atomic E-state index is -0.190. The topological polar surface area (TPSA) is 61.4 Å². The van der Waals surface area contributed by atoms with Gasteiger partial charge in [0.2, 0.25) is 0 Å². The van der Waals surface area contributed by atoms with Crippen LogP contribution in [0.2, 0.25) is 0 Å². The highest BCUT2D eigenvalue weighted by Gasteiger charge is 2.11. The number of nitrogens with one attached hydrogen (secondary N) is 1. The fourth-order valence-electron chi connectivity index (χ4n) is 2.45. The number of carbonyl (C=O) groups is 1. The Kier molecular flexibility index (Phi) is 5.87. The van der Waals surface area contributed by atoms with E-state index >= 15 is 0 Å². The van der Waals surface area contributed by atoms with Crippen molar-refractivity contribution in [1.82, 2.24) is 19.8 Å². The molecule has 0 aliphatic heterocycles. The third-order valence-electron chi connectivity index (χ3n) is 3.49. The van der Waals surface area contributed by atoms with Gasteiger partial charge in [-0.25, -0.2) is 14.8 Å². The molecule has 24 heavy (non-hydrogen) atoms. The van der Waals surface area contributed by atoms with Gasteiger partial charge in [0.15, 0.2) is 0 Å². The van der Waals surface area contributed by atoms with Crippen molar-refractivity contribution in [3.05, 3.63) is 53.0 Å². The summed E-state index contributed by atoms with van der Waals surface area (Å²) in [6.45, 7) is 5.13. The Hall–Kier alpha value is -2.47. The molecule has 0 bridgehead atoms. The van der Waals surface area contributed by atoms with Gasteiger partial charge in [-0.3, -0.25) is 5.32 Å². The summed E-state index contributed by atoms with van der Waals surface area (Å²) in [7, 11) is 5.86. The monoisotopic (exact) mass is 327 g/mol. The van der Waals surface area contributed by atoms with E-state index in [2.05, 4.69) is 44.5 Å². The number of benzene rings is 1. The van der Waals surface area contributed by atoms with Gasteiger partial charge in [0.1, 0.15) is 11.6 Å². The smallest absolute Gasteiger partial charge is 0.323 e. The van der Waals surface area contributed by atoms with Crippen LogP contribution in [-0.4, -0.2) is 46.9 Å². The summed E-state index contributed by atoms with van der Waals surface area (Å²) in [6.07, 6.45) is 0. The number of carbonyl (C=O) groups excluding carboxylic acids is 1. The maximum Gasteiger partial charge on any atom is 0.323 e. The predicted molar refractivity (Wildman–Crippen MR) is 95.8 cm³/mol. The van der Waals surface area contributed by atoms with E-state index in [1.165, 1.54) is 5.56 Å². The summed E-state index contributed by atoms with van der Waals surface area (Å²) in [5.74, 6) is 1.17. The second kappa shape index (κ2) is 7.88. The van der Waals surface area contributed by atoms with E-state index in [4.69, 9.17) is 0 Å². The first kappa shape index (κ1) is 17.9. The lowest BCUT2D eigenvalue weighted by molar-refractivity contribution is 0.220. The summed E-state index contributed by atoms with van der Waals surface area (Å²) >= 11 is 0. The van der Waals surface area contributed by atoms with Crippen LogP contribution < -0.4 is 5.32 Å². The molecule has 2 aromatic rings. The van der Waals surface area contributed by atoms with E-state index in [9.17, 15) is 4.79 Å². The van der Waals surface area contributed by atoms with Gasteiger partial charge in [-0.2, -0.15) is 0 Å². The van der Waals surface area contributed by atoms with Crippen LogP contribution in [0.1, 0.15) is 22.6 Å². The van der Waals surface area contributed by atoms with Crippen molar-refractivity contribution < 1.29 is 4.79 Å². The van der Waals surface area contributed by atoms with Gasteiger partial charge in [0.05, 0.1) is 0 Å². The van der Waals surface area contributed by atoms with Crippen LogP contribution in [0, 0.1) is 13.8 Å². The number of rotatable bonds is 5. The molecule has 6 heteroatoms. The molecule has 1 N–H and O–H groups in total. The number of hydrogen-bond acceptors (Lipinski definition) is 4. The van der Waals surface area contributed by atoms with E-state index in [1.54, 1.807) is 18.0 Å². The number of amides is 2. The zero-order chi connectivity index (χ0) is 17.7. The molecule has 0 aliphatic rings. The molecular formula is C18H25N5O. The summed E-state index contributed by atoms with van der Waals surface area (Å²) in [5.41, 5.74) is 3.17. The zero-order valence-electron chi connectivity index (χ0n) is 15.0. The fourth-order valence-corrected chi connectivity index (χ4v) is 2.45. The summed E-state index contributed by atoms with van der Waals surface area (Å²) in [4.78, 5) is 24.5. The van der Waals surface area contributed by atoms with Crippen LogP contribution in [0.4, 0.5) is 10.6 Å². The molecule has 2 amide bonds. The van der Waals surface area contributed by atoms with Crippen molar-refractivity contribution in [2.45, 2.75) is 26.9 Å². The molecule has 0 aliphatic carbocycles. The predicted octanol–water partition coefficient (Wildman–Crippen LogP) is 2.82. The lowest BCUT2D eigenvalue weighted by Crippen LogP contribution is -2.31. The Bertz CT molecular complexity index is 677. The SMILES string of the molecule is Cc1cc(NC(=O)N(C)Cc2ccc(CN(C)C)cc2)nc(C)n1. The summed E-state index contributed by atoms with van der Waals surface area (Å²) in [6, 6.07) is 9.87. The molecule has 0 saturated carbocycles. The van der Waals surface area contributed by atoms with Gasteiger partial charge in [-0.05, 0) is 39.1 Å². The Labute approximate surface area is 143 Å². The lowest BCUT2D eigenvalue weighted by atomic mass is 10.1. The van der Waals surface area contributed by atoms with Crippen LogP contribution >= 0.6 is 0 Å². The number of aromatic nitrogens is 2. The third-order valence-corrected chi connectivity index (χ3v) is 3.49. The van der Waals surface area contributed by atoms with Crippen LogP contribution in [0.5, 0.6) is 0 Å². The highest BCUT2D eigenvalue weighted by atomic mass is 16.2. The maximum absolute atomic E-state index is 12.3. The van der Waals surface area contributed by atoms with Crippen LogP contribution in [0.3, 0.4) is 0 Å². The van der Waals surface area contributed by atoms with Crippen molar-refractivity contribution in [2.75, 3.05) is 26.5 Å². The Balaban J connectivity index is 1.95. The fraction of sp³-hybridized carbons (Fsp3) is 0.389. The van der Waals surface area contributed by atoms with Crippen LogP contribution in [-0.2, 0) is 13.1 Å². The third kappa shape index (κ3) is 5.31. The first-order chi connectivity index (χ1) is 11.3. The van der Waals surface area contributed by atoms with Crippen LogP contribution in [0.25, 0.3) is 0 Å². The van der Waals surface area contributed by atoms with Crippen molar-refractivity contribution in [1.29, 1.82) is 0 Å². The Morgan fingerprint density at radius 3 is 2.12 bits per heavy atom. The van der Waals surface area contributed by atoms with Crippen molar-refractivity contribution in [2.24, 2.45) is 0 Å². The molecule has 0 saturated heterocycles. The number of nitrogens with zero attached hydrogens (tertiary/aromatic N) is 4. The standard InChI is InChI=1S/C18H25N5O/c1-13-10-17(20-14(2)19-13)21-18(24)23(5)12-16-8-6-15(7-9-16)11-22(3)4/h6-10H,11-12H2,1-5H3,(H,19,20,21,24). The van der Waals surface area contributed by atoms with E-state index in [0.717, 1.165) is 17.8 Å². The number of urea groups is 1. The molecule has 0 radical (unpaired) electrons. The molecule has 0 fully saturated rings. The normalized spacial score (nSPS) is 10.8. The highest BCUT2D eigenvalue weighted by Crippen LogP contribution is 2.10. The lowest BCUT2D eigenvalue weighted by Gasteiger charge is -2.18. The molecule has 1 aromatic heterocycles. The van der Waals surface area contributed by atoms with Gasteiger partial charge >= 0.3 is 6.03 Å². The van der Waals surface area contributed by atoms with Gasteiger partial charge in [-0.15, -0.1) is 0 Å². The Morgan fingerprint density at radius 2 is 1.58 bits per heavy atom. The summed E-state index contributed by atoms with van der Waals surface area (Å²) in [5, 5.41) is 2.81. The van der Waals surface area contributed by atoms with Crippen molar-refractivity contribution in [3.63, 3.8) is 0 Å². The van der Waals surface area contributed by atoms with Gasteiger partial charge in [-0.1, -0.05) is 24.3 Å². The second-order valence-electron chi connectivity index (χ2n) is 6.28. The Morgan fingerprint density at radius 1 is 1.00 bits per heavy atom. The van der Waals surface area contributed by atoms with Crippen LogP contribution in [0.15, 0.2) is 30.3 Å². The number of anilines is 1. The largest absolute Gasteiger partial charge is 0.323 e. The van der Waals surface area contributed by atoms with Crippen molar-refractivity contribution in [3.8, 4) is 0 Å². The average molecular weight is 327 g/mol. The van der Waals surface area contributed by atoms with Gasteiger partial charge in [0, 0.05) is 31.9 Å². The molecule has 2 rings (SSSR count). The minimum Gasteiger partial charge on any atom is -0.323 e.